The lowest BCUT2D eigenvalue weighted by Gasteiger charge is -2.38. The smallest absolute Gasteiger partial charge is 0.319 e. The zero-order valence-corrected chi connectivity index (χ0v) is 16.2. The van der Waals surface area contributed by atoms with E-state index in [0.29, 0.717) is 24.3 Å². The van der Waals surface area contributed by atoms with Crippen molar-refractivity contribution in [3.8, 4) is 0 Å². The van der Waals surface area contributed by atoms with Gasteiger partial charge in [-0.25, -0.2) is 0 Å². The second-order valence-electron chi connectivity index (χ2n) is 6.86. The first-order chi connectivity index (χ1) is 11.7. The standard InChI is InChI=1S/C18H19NO3S2.ClH/c1-19-11-8-10(9-12(19)17-16(11)22-17)21-18(20)15(13-4-2-6-23-13)14-5-3-7-24-14;/h2-7,10-12,15-17H,8-9H2,1H3;1H. The van der Waals surface area contributed by atoms with E-state index in [0.717, 1.165) is 22.6 Å². The first-order valence-electron chi connectivity index (χ1n) is 8.37. The van der Waals surface area contributed by atoms with Crippen molar-refractivity contribution in [3.63, 3.8) is 0 Å². The fourth-order valence-corrected chi connectivity index (χ4v) is 6.05. The van der Waals surface area contributed by atoms with Crippen molar-refractivity contribution >= 4 is 41.0 Å². The predicted octanol–water partition coefficient (Wildman–Crippen LogP) is 3.52. The first kappa shape index (κ1) is 17.5. The van der Waals surface area contributed by atoms with Gasteiger partial charge in [0.15, 0.2) is 0 Å². The molecule has 7 heteroatoms. The van der Waals surface area contributed by atoms with E-state index in [1.807, 2.05) is 35.0 Å². The van der Waals surface area contributed by atoms with Gasteiger partial charge in [0, 0.05) is 34.7 Å². The normalized spacial score (nSPS) is 33.0. The monoisotopic (exact) mass is 397 g/mol. The van der Waals surface area contributed by atoms with E-state index in [1.165, 1.54) is 0 Å². The topological polar surface area (TPSA) is 42.1 Å². The second-order valence-corrected chi connectivity index (χ2v) is 8.82. The van der Waals surface area contributed by atoms with Crippen LogP contribution in [0.5, 0.6) is 0 Å². The molecule has 2 aromatic rings. The maximum absolute atomic E-state index is 13.0. The third-order valence-electron chi connectivity index (χ3n) is 5.55. The van der Waals surface area contributed by atoms with Crippen LogP contribution in [-0.4, -0.2) is 48.3 Å². The third-order valence-corrected chi connectivity index (χ3v) is 7.42. The van der Waals surface area contributed by atoms with Crippen molar-refractivity contribution in [1.29, 1.82) is 0 Å². The molecule has 0 saturated carbocycles. The van der Waals surface area contributed by atoms with Gasteiger partial charge >= 0.3 is 5.97 Å². The third kappa shape index (κ3) is 2.94. The lowest BCUT2D eigenvalue weighted by molar-refractivity contribution is -0.154. The summed E-state index contributed by atoms with van der Waals surface area (Å²) in [5.41, 5.74) is 0. The Bertz CT molecular complexity index is 683. The zero-order chi connectivity index (χ0) is 16.3. The number of fused-ring (bicyclic) bond motifs is 5. The van der Waals surface area contributed by atoms with Crippen molar-refractivity contribution < 1.29 is 14.3 Å². The molecule has 25 heavy (non-hydrogen) atoms. The van der Waals surface area contributed by atoms with Crippen molar-refractivity contribution in [1.82, 2.24) is 4.90 Å². The van der Waals surface area contributed by atoms with Crippen LogP contribution in [0.1, 0.15) is 28.5 Å². The van der Waals surface area contributed by atoms with Crippen LogP contribution < -0.4 is 0 Å². The Morgan fingerprint density at radius 1 is 1.16 bits per heavy atom. The van der Waals surface area contributed by atoms with Crippen LogP contribution in [0, 0.1) is 0 Å². The lowest BCUT2D eigenvalue weighted by Crippen LogP contribution is -2.48. The summed E-state index contributed by atoms with van der Waals surface area (Å²) >= 11 is 3.24. The largest absolute Gasteiger partial charge is 0.461 e. The molecule has 0 radical (unpaired) electrons. The van der Waals surface area contributed by atoms with Gasteiger partial charge in [-0.15, -0.1) is 35.1 Å². The number of esters is 1. The Morgan fingerprint density at radius 2 is 1.72 bits per heavy atom. The first-order valence-corrected chi connectivity index (χ1v) is 10.1. The van der Waals surface area contributed by atoms with Crippen LogP contribution in [0.25, 0.3) is 0 Å². The molecular formula is C18H20ClNO3S2. The number of thiophene rings is 2. The molecule has 5 heterocycles. The molecule has 5 rings (SSSR count). The van der Waals surface area contributed by atoms with Crippen LogP contribution in [0.15, 0.2) is 35.0 Å². The second kappa shape index (κ2) is 6.67. The average Bonchev–Trinajstić information content (AvgIpc) is 2.89. The minimum atomic E-state index is -0.284. The van der Waals surface area contributed by atoms with E-state index < -0.39 is 0 Å². The maximum atomic E-state index is 13.0. The summed E-state index contributed by atoms with van der Waals surface area (Å²) in [5, 5.41) is 4.04. The van der Waals surface area contributed by atoms with Gasteiger partial charge in [0.25, 0.3) is 0 Å². The fourth-order valence-electron chi connectivity index (χ4n) is 4.31. The molecule has 0 aromatic carbocycles. The molecule has 4 unspecified atom stereocenters. The maximum Gasteiger partial charge on any atom is 0.319 e. The van der Waals surface area contributed by atoms with Gasteiger partial charge in [0.1, 0.15) is 24.2 Å². The molecular weight excluding hydrogens is 378 g/mol. The minimum absolute atomic E-state index is 0. The van der Waals surface area contributed by atoms with Crippen LogP contribution in [0.2, 0.25) is 0 Å². The van der Waals surface area contributed by atoms with E-state index in [1.54, 1.807) is 22.7 Å². The predicted molar refractivity (Wildman–Crippen MR) is 101 cm³/mol. The van der Waals surface area contributed by atoms with E-state index in [4.69, 9.17) is 9.47 Å². The molecule has 2 aromatic heterocycles. The molecule has 0 amide bonds. The SMILES string of the molecule is CN1C2CC(OC(=O)C(c3cccs3)c3cccs3)CC1C1OC12.Cl. The molecule has 4 atom stereocenters. The van der Waals surface area contributed by atoms with E-state index in [-0.39, 0.29) is 30.4 Å². The molecule has 3 aliphatic rings. The number of hydrogen-bond donors (Lipinski definition) is 0. The lowest BCUT2D eigenvalue weighted by atomic mass is 9.99. The number of epoxide rings is 1. The Kier molecular flexibility index (Phi) is 4.67. The molecule has 134 valence electrons. The average molecular weight is 398 g/mol. The number of ether oxygens (including phenoxy) is 2. The number of carbonyl (C=O) groups is 1. The van der Waals surface area contributed by atoms with E-state index in [9.17, 15) is 4.79 Å². The zero-order valence-electron chi connectivity index (χ0n) is 13.7. The fraction of sp³-hybridized carbons (Fsp3) is 0.500. The number of carbonyl (C=O) groups excluding carboxylic acids is 1. The highest BCUT2D eigenvalue weighted by Gasteiger charge is 2.62. The highest BCUT2D eigenvalue weighted by atomic mass is 35.5. The molecule has 3 saturated heterocycles. The summed E-state index contributed by atoms with van der Waals surface area (Å²) in [4.78, 5) is 17.5. The highest BCUT2D eigenvalue weighted by molar-refractivity contribution is 7.11. The van der Waals surface area contributed by atoms with Gasteiger partial charge in [-0.3, -0.25) is 9.69 Å². The van der Waals surface area contributed by atoms with Crippen molar-refractivity contribution in [2.24, 2.45) is 0 Å². The molecule has 3 aliphatic heterocycles. The number of likely N-dealkylation sites (N-methyl/N-ethyl adjacent to an activating group) is 1. The summed E-state index contributed by atoms with van der Waals surface area (Å²) in [5.74, 6) is -0.392. The van der Waals surface area contributed by atoms with Crippen molar-refractivity contribution in [2.75, 3.05) is 7.05 Å². The Morgan fingerprint density at radius 3 is 2.20 bits per heavy atom. The van der Waals surface area contributed by atoms with Gasteiger partial charge in [-0.05, 0) is 29.9 Å². The molecule has 2 bridgehead atoms. The molecule has 0 aliphatic carbocycles. The molecule has 3 fully saturated rings. The summed E-state index contributed by atoms with van der Waals surface area (Å²) in [6, 6.07) is 8.86. The molecule has 0 N–H and O–H groups in total. The van der Waals surface area contributed by atoms with Crippen molar-refractivity contribution in [3.05, 3.63) is 44.8 Å². The van der Waals surface area contributed by atoms with Crippen LogP contribution >= 0.6 is 35.1 Å². The summed E-state index contributed by atoms with van der Waals surface area (Å²) < 4.78 is 11.7. The van der Waals surface area contributed by atoms with Gasteiger partial charge < -0.3 is 9.47 Å². The molecule has 0 spiro atoms. The Balaban J connectivity index is 0.00000157. The quantitative estimate of drug-likeness (QED) is 0.584. The number of piperidine rings is 1. The highest BCUT2D eigenvalue weighted by Crippen LogP contribution is 2.48. The summed E-state index contributed by atoms with van der Waals surface area (Å²) in [6.45, 7) is 0. The number of nitrogens with zero attached hydrogens (tertiary/aromatic N) is 1. The number of rotatable bonds is 4. The number of halogens is 1. The van der Waals surface area contributed by atoms with Gasteiger partial charge in [0.2, 0.25) is 0 Å². The number of hydrogen-bond acceptors (Lipinski definition) is 6. The van der Waals surface area contributed by atoms with E-state index >= 15 is 0 Å². The summed E-state index contributed by atoms with van der Waals surface area (Å²) in [7, 11) is 2.17. The van der Waals surface area contributed by atoms with Gasteiger partial charge in [-0.2, -0.15) is 0 Å². The van der Waals surface area contributed by atoms with Crippen molar-refractivity contribution in [2.45, 2.75) is 49.2 Å². The van der Waals surface area contributed by atoms with Gasteiger partial charge in [0.05, 0.1) is 0 Å². The van der Waals surface area contributed by atoms with E-state index in [2.05, 4.69) is 11.9 Å². The number of morpholine rings is 1. The Labute approximate surface area is 161 Å². The minimum Gasteiger partial charge on any atom is -0.461 e. The van der Waals surface area contributed by atoms with Crippen LogP contribution in [0.4, 0.5) is 0 Å². The Hall–Kier alpha value is -0.920. The van der Waals surface area contributed by atoms with Crippen LogP contribution in [-0.2, 0) is 14.3 Å². The van der Waals surface area contributed by atoms with Crippen LogP contribution in [0.3, 0.4) is 0 Å². The van der Waals surface area contributed by atoms with Gasteiger partial charge in [-0.1, -0.05) is 12.1 Å². The molecule has 4 nitrogen and oxygen atoms in total. The summed E-state index contributed by atoms with van der Waals surface area (Å²) in [6.07, 6.45) is 2.54.